The van der Waals surface area contributed by atoms with E-state index in [4.69, 9.17) is 4.84 Å². The van der Waals surface area contributed by atoms with Crippen molar-refractivity contribution in [1.29, 1.82) is 0 Å². The Morgan fingerprint density at radius 3 is 3.08 bits per heavy atom. The molecule has 0 aromatic carbocycles. The molecule has 1 aliphatic heterocycles. The van der Waals surface area contributed by atoms with Crippen molar-refractivity contribution in [2.75, 3.05) is 13.7 Å². The minimum absolute atomic E-state index is 0.339. The molecule has 1 fully saturated rings. The van der Waals surface area contributed by atoms with Crippen molar-refractivity contribution in [3.8, 4) is 0 Å². The zero-order chi connectivity index (χ0) is 8.39. The quantitative estimate of drug-likeness (QED) is 0.627. The van der Waals surface area contributed by atoms with Crippen LogP contribution in [0.1, 0.15) is 18.2 Å². The molecular formula is C9H12N2O. The van der Waals surface area contributed by atoms with E-state index >= 15 is 0 Å². The largest absolute Gasteiger partial charge is 0.299 e. The third-order valence-corrected chi connectivity index (χ3v) is 2.15. The van der Waals surface area contributed by atoms with E-state index in [9.17, 15) is 0 Å². The summed E-state index contributed by atoms with van der Waals surface area (Å²) in [6, 6.07) is 6.31. The molecule has 0 radical (unpaired) electrons. The summed E-state index contributed by atoms with van der Waals surface area (Å²) in [5.41, 5.74) is 1.09. The molecule has 0 amide bonds. The van der Waals surface area contributed by atoms with Gasteiger partial charge in [-0.15, -0.1) is 0 Å². The van der Waals surface area contributed by atoms with Crippen molar-refractivity contribution in [1.82, 2.24) is 10.0 Å². The zero-order valence-electron chi connectivity index (χ0n) is 7.10. The number of nitrogens with zero attached hydrogens (tertiary/aromatic N) is 2. The summed E-state index contributed by atoms with van der Waals surface area (Å²) in [5, 5.41) is 1.88. The first kappa shape index (κ1) is 7.71. The molecule has 1 atom stereocenters. The van der Waals surface area contributed by atoms with Crippen LogP contribution in [0.5, 0.6) is 0 Å². The summed E-state index contributed by atoms with van der Waals surface area (Å²) >= 11 is 0. The van der Waals surface area contributed by atoms with Crippen molar-refractivity contribution in [3.63, 3.8) is 0 Å². The number of pyridine rings is 1. The second kappa shape index (κ2) is 3.21. The summed E-state index contributed by atoms with van der Waals surface area (Å²) in [7, 11) is 1.95. The maximum atomic E-state index is 5.31. The van der Waals surface area contributed by atoms with Gasteiger partial charge >= 0.3 is 0 Å². The Labute approximate surface area is 71.9 Å². The van der Waals surface area contributed by atoms with Crippen molar-refractivity contribution in [3.05, 3.63) is 30.1 Å². The number of hydrogen-bond acceptors (Lipinski definition) is 3. The second-order valence-electron chi connectivity index (χ2n) is 2.94. The van der Waals surface area contributed by atoms with Gasteiger partial charge in [-0.05, 0) is 18.6 Å². The Kier molecular flexibility index (Phi) is 2.06. The fourth-order valence-electron chi connectivity index (χ4n) is 1.49. The zero-order valence-corrected chi connectivity index (χ0v) is 7.10. The monoisotopic (exact) mass is 164 g/mol. The van der Waals surface area contributed by atoms with Crippen molar-refractivity contribution >= 4 is 0 Å². The number of hydrogen-bond donors (Lipinski definition) is 0. The van der Waals surface area contributed by atoms with E-state index < -0.39 is 0 Å². The van der Waals surface area contributed by atoms with Crippen LogP contribution in [0, 0.1) is 0 Å². The minimum atomic E-state index is 0.339. The van der Waals surface area contributed by atoms with E-state index in [-0.39, 0.29) is 0 Å². The average molecular weight is 164 g/mol. The third kappa shape index (κ3) is 1.33. The lowest BCUT2D eigenvalue weighted by Crippen LogP contribution is -2.16. The van der Waals surface area contributed by atoms with E-state index in [1.165, 1.54) is 0 Å². The van der Waals surface area contributed by atoms with E-state index in [0.717, 1.165) is 18.7 Å². The highest BCUT2D eigenvalue weighted by atomic mass is 16.7. The Hall–Kier alpha value is -0.930. The van der Waals surface area contributed by atoms with Crippen LogP contribution < -0.4 is 0 Å². The van der Waals surface area contributed by atoms with Crippen LogP contribution in [0.4, 0.5) is 0 Å². The van der Waals surface area contributed by atoms with E-state index in [1.54, 1.807) is 0 Å². The predicted octanol–water partition coefficient (Wildman–Crippen LogP) is 1.39. The summed E-state index contributed by atoms with van der Waals surface area (Å²) in [6.45, 7) is 0.803. The summed E-state index contributed by atoms with van der Waals surface area (Å²) in [4.78, 5) is 9.60. The second-order valence-corrected chi connectivity index (χ2v) is 2.94. The third-order valence-electron chi connectivity index (χ3n) is 2.15. The first-order chi connectivity index (χ1) is 5.88. The lowest BCUT2D eigenvalue weighted by atomic mass is 10.1. The molecule has 3 nitrogen and oxygen atoms in total. The van der Waals surface area contributed by atoms with Crippen LogP contribution in [-0.2, 0) is 4.84 Å². The molecule has 1 aromatic rings. The van der Waals surface area contributed by atoms with Gasteiger partial charge in [-0.2, -0.15) is 5.06 Å². The molecule has 64 valence electrons. The number of aromatic nitrogens is 1. The van der Waals surface area contributed by atoms with Gasteiger partial charge < -0.3 is 0 Å². The van der Waals surface area contributed by atoms with Gasteiger partial charge in [0.1, 0.15) is 0 Å². The van der Waals surface area contributed by atoms with Gasteiger partial charge in [0.15, 0.2) is 0 Å². The van der Waals surface area contributed by atoms with Crippen molar-refractivity contribution in [2.45, 2.75) is 12.5 Å². The molecular weight excluding hydrogens is 152 g/mol. The van der Waals surface area contributed by atoms with E-state index in [1.807, 2.05) is 36.5 Å². The minimum Gasteiger partial charge on any atom is -0.299 e. The lowest BCUT2D eigenvalue weighted by molar-refractivity contribution is -0.111. The molecule has 12 heavy (non-hydrogen) atoms. The van der Waals surface area contributed by atoms with Crippen LogP contribution in [0.25, 0.3) is 0 Å². The fourth-order valence-corrected chi connectivity index (χ4v) is 1.49. The smallest absolute Gasteiger partial charge is 0.0793 e. The first-order valence-electron chi connectivity index (χ1n) is 4.14. The number of rotatable bonds is 1. The summed E-state index contributed by atoms with van der Waals surface area (Å²) in [5.74, 6) is 0. The van der Waals surface area contributed by atoms with Crippen molar-refractivity contribution in [2.24, 2.45) is 0 Å². The van der Waals surface area contributed by atoms with E-state index in [2.05, 4.69) is 4.98 Å². The molecule has 0 N–H and O–H groups in total. The average Bonchev–Trinajstić information content (AvgIpc) is 2.53. The van der Waals surface area contributed by atoms with Gasteiger partial charge in [0, 0.05) is 13.2 Å². The first-order valence-corrected chi connectivity index (χ1v) is 4.14. The molecule has 2 rings (SSSR count). The normalized spacial score (nSPS) is 24.6. The van der Waals surface area contributed by atoms with E-state index in [0.29, 0.717) is 6.04 Å². The van der Waals surface area contributed by atoms with Crippen LogP contribution in [-0.4, -0.2) is 23.7 Å². The Balaban J connectivity index is 2.19. The maximum Gasteiger partial charge on any atom is 0.0793 e. The fraction of sp³-hybridized carbons (Fsp3) is 0.444. The Morgan fingerprint density at radius 1 is 1.58 bits per heavy atom. The van der Waals surface area contributed by atoms with Crippen LogP contribution in [0.15, 0.2) is 24.4 Å². The molecule has 0 spiro atoms. The van der Waals surface area contributed by atoms with Gasteiger partial charge in [-0.25, -0.2) is 0 Å². The summed E-state index contributed by atoms with van der Waals surface area (Å²) in [6.07, 6.45) is 2.86. The number of hydroxylamine groups is 2. The highest BCUT2D eigenvalue weighted by Crippen LogP contribution is 2.26. The molecule has 2 heterocycles. The highest BCUT2D eigenvalue weighted by Gasteiger charge is 2.24. The lowest BCUT2D eigenvalue weighted by Gasteiger charge is -2.15. The molecule has 0 aliphatic carbocycles. The molecule has 1 saturated heterocycles. The Morgan fingerprint density at radius 2 is 2.50 bits per heavy atom. The summed E-state index contributed by atoms with van der Waals surface area (Å²) < 4.78 is 0. The topological polar surface area (TPSA) is 25.4 Å². The molecule has 0 saturated carbocycles. The molecule has 1 unspecified atom stereocenters. The van der Waals surface area contributed by atoms with Crippen LogP contribution in [0.2, 0.25) is 0 Å². The molecule has 3 heteroatoms. The molecule has 1 aromatic heterocycles. The molecule has 1 aliphatic rings. The maximum absolute atomic E-state index is 5.31. The molecule has 0 bridgehead atoms. The van der Waals surface area contributed by atoms with Crippen LogP contribution in [0.3, 0.4) is 0 Å². The van der Waals surface area contributed by atoms with Gasteiger partial charge in [-0.3, -0.25) is 9.82 Å². The Bertz CT molecular complexity index is 250. The van der Waals surface area contributed by atoms with Crippen LogP contribution >= 0.6 is 0 Å². The van der Waals surface area contributed by atoms with Crippen molar-refractivity contribution < 1.29 is 4.84 Å². The van der Waals surface area contributed by atoms with Gasteiger partial charge in [0.25, 0.3) is 0 Å². The highest BCUT2D eigenvalue weighted by molar-refractivity contribution is 5.08. The van der Waals surface area contributed by atoms with Gasteiger partial charge in [-0.1, -0.05) is 6.07 Å². The predicted molar refractivity (Wildman–Crippen MR) is 45.3 cm³/mol. The SMILES string of the molecule is CN1OCCC1c1ccccn1. The standard InChI is InChI=1S/C9H12N2O/c1-11-9(5-7-12-11)8-4-2-3-6-10-8/h2-4,6,9H,5,7H2,1H3. The van der Waals surface area contributed by atoms with Gasteiger partial charge in [0.2, 0.25) is 0 Å². The van der Waals surface area contributed by atoms with Gasteiger partial charge in [0.05, 0.1) is 18.3 Å².